The zero-order valence-corrected chi connectivity index (χ0v) is 13.1. The van der Waals surface area contributed by atoms with Crippen LogP contribution in [0.1, 0.15) is 48.5 Å². The van der Waals surface area contributed by atoms with Crippen molar-refractivity contribution in [3.63, 3.8) is 0 Å². The fraction of sp³-hybridized carbons (Fsp3) is 0.923. The molecule has 94 valence electrons. The summed E-state index contributed by atoms with van der Waals surface area (Å²) in [6.45, 7) is 14.6. The van der Waals surface area contributed by atoms with Crippen LogP contribution in [-0.2, 0) is 4.74 Å². The second kappa shape index (κ2) is 6.67. The predicted octanol–water partition coefficient (Wildman–Crippen LogP) is 4.31. The third kappa shape index (κ3) is 8.19. The maximum atomic E-state index is 12.1. The minimum Gasteiger partial charge on any atom is -0.475 e. The summed E-state index contributed by atoms with van der Waals surface area (Å²) in [4.78, 5) is 12.2. The third-order valence-corrected chi connectivity index (χ3v) is 6.06. The van der Waals surface area contributed by atoms with Crippen LogP contribution in [0.2, 0.25) is 10.6 Å². The Hall–Kier alpha value is 0.00247. The molecule has 0 unspecified atom stereocenters. The van der Waals surface area contributed by atoms with Gasteiger partial charge in [-0.1, -0.05) is 50.1 Å². The van der Waals surface area contributed by atoms with Crippen LogP contribution in [0.5, 0.6) is 0 Å². The quantitative estimate of drug-likeness (QED) is 0.671. The van der Waals surface area contributed by atoms with Crippen molar-refractivity contribution < 1.29 is 9.53 Å². The predicted molar refractivity (Wildman–Crippen MR) is 71.3 cm³/mol. The van der Waals surface area contributed by atoms with Crippen LogP contribution in [0.15, 0.2) is 0 Å². The summed E-state index contributed by atoms with van der Waals surface area (Å²) in [7, 11) is 0. The van der Waals surface area contributed by atoms with E-state index in [0.717, 1.165) is 10.6 Å². The van der Waals surface area contributed by atoms with Crippen LogP contribution >= 0.6 is 0 Å². The van der Waals surface area contributed by atoms with Gasteiger partial charge in [0.1, 0.15) is 5.60 Å². The van der Waals surface area contributed by atoms with Crippen molar-refractivity contribution in [3.05, 3.63) is 0 Å². The van der Waals surface area contributed by atoms with Crippen molar-refractivity contribution in [2.45, 2.75) is 64.6 Å². The molecule has 0 aliphatic rings. The van der Waals surface area contributed by atoms with Crippen molar-refractivity contribution in [2.75, 3.05) is 0 Å². The Morgan fingerprint density at radius 1 is 1.06 bits per heavy atom. The van der Waals surface area contributed by atoms with Gasteiger partial charge in [-0.3, -0.25) is 4.79 Å². The van der Waals surface area contributed by atoms with Gasteiger partial charge in [-0.05, 0) is 20.8 Å². The van der Waals surface area contributed by atoms with E-state index in [2.05, 4.69) is 27.7 Å². The maximum absolute atomic E-state index is 12.1. The largest absolute Gasteiger partial charge is 0.475 e. The molecule has 0 fully saturated rings. The number of rotatable bonds is 5. The van der Waals surface area contributed by atoms with E-state index in [1.807, 2.05) is 20.8 Å². The molecule has 0 aromatic carbocycles. The summed E-state index contributed by atoms with van der Waals surface area (Å²) < 4.78 is 5.52. The lowest BCUT2D eigenvalue weighted by molar-refractivity contribution is 0.0707. The summed E-state index contributed by atoms with van der Waals surface area (Å²) in [6.07, 6.45) is 0. The van der Waals surface area contributed by atoms with Gasteiger partial charge >= 0.3 is 14.1 Å². The van der Waals surface area contributed by atoms with E-state index < -0.39 is 14.1 Å². The molecule has 0 spiro atoms. The third-order valence-electron chi connectivity index (χ3n) is 2.25. The standard InChI is InChI=1S/C5H9O2.2C4H9.Al/c1-5(2,3)7-4-6;2*1-4(2)3;/h1-3H3;2*4H,1H2,2-3H3;. The molecule has 0 N–H and O–H groups in total. The molecule has 3 heteroatoms. The summed E-state index contributed by atoms with van der Waals surface area (Å²) in [5.41, 5.74) is -0.337. The molecule has 0 saturated heterocycles. The fourth-order valence-corrected chi connectivity index (χ4v) is 5.19. The average Bonchev–Trinajstić information content (AvgIpc) is 1.97. The summed E-state index contributed by atoms with van der Waals surface area (Å²) in [5, 5.41) is 2.13. The smallest absolute Gasteiger partial charge is 0.435 e. The number of carbonyl (C=O) groups excluding carboxylic acids is 1. The van der Waals surface area contributed by atoms with Crippen LogP contribution in [0.3, 0.4) is 0 Å². The Kier molecular flexibility index (Phi) is 6.67. The van der Waals surface area contributed by atoms with Crippen molar-refractivity contribution in [1.82, 2.24) is 0 Å². The first kappa shape index (κ1) is 16.0. The molecule has 0 aromatic heterocycles. The molecule has 0 aliphatic heterocycles. The highest BCUT2D eigenvalue weighted by Gasteiger charge is 2.33. The molecule has 0 amide bonds. The molecule has 0 bridgehead atoms. The molecular weight excluding hydrogens is 215 g/mol. The van der Waals surface area contributed by atoms with E-state index in [1.54, 1.807) is 0 Å². The Morgan fingerprint density at radius 3 is 1.69 bits per heavy atom. The Balaban J connectivity index is 4.44. The van der Waals surface area contributed by atoms with Crippen molar-refractivity contribution in [1.29, 1.82) is 0 Å². The number of hydrogen-bond acceptors (Lipinski definition) is 2. The highest BCUT2D eigenvalue weighted by molar-refractivity contribution is 6.88. The fourth-order valence-electron chi connectivity index (χ4n) is 1.81. The molecule has 0 saturated carbocycles. The normalized spacial score (nSPS) is 12.1. The number of hydrogen-bond donors (Lipinski definition) is 0. The van der Waals surface area contributed by atoms with Crippen LogP contribution in [0, 0.1) is 11.8 Å². The van der Waals surface area contributed by atoms with Crippen LogP contribution in [-0.4, -0.2) is 24.6 Å². The zero-order valence-electron chi connectivity index (χ0n) is 12.0. The van der Waals surface area contributed by atoms with E-state index in [-0.39, 0.29) is 10.4 Å². The lowest BCUT2D eigenvalue weighted by atomic mass is 10.2. The number of carbonyl (C=O) groups is 1. The van der Waals surface area contributed by atoms with Gasteiger partial charge in [0.25, 0.3) is 0 Å². The molecule has 0 heterocycles. The first-order chi connectivity index (χ1) is 7.11. The minimum absolute atomic E-state index is 0.106. The van der Waals surface area contributed by atoms with E-state index >= 15 is 0 Å². The first-order valence-electron chi connectivity index (χ1n) is 6.34. The van der Waals surface area contributed by atoms with Crippen LogP contribution in [0.25, 0.3) is 0 Å². The average molecular weight is 242 g/mol. The van der Waals surface area contributed by atoms with Crippen LogP contribution in [0.4, 0.5) is 4.79 Å². The molecule has 0 rings (SSSR count). The van der Waals surface area contributed by atoms with Gasteiger partial charge in [0, 0.05) is 0 Å². The van der Waals surface area contributed by atoms with Gasteiger partial charge in [-0.2, -0.15) is 0 Å². The highest BCUT2D eigenvalue weighted by Crippen LogP contribution is 2.19. The maximum Gasteiger partial charge on any atom is 0.435 e. The monoisotopic (exact) mass is 242 g/mol. The zero-order chi connectivity index (χ0) is 12.9. The van der Waals surface area contributed by atoms with Gasteiger partial charge in [0.15, 0.2) is 4.83 Å². The molecule has 0 atom stereocenters. The van der Waals surface area contributed by atoms with Gasteiger partial charge in [-0.15, -0.1) is 0 Å². The molecule has 0 radical (unpaired) electrons. The Bertz CT molecular complexity index is 206. The van der Waals surface area contributed by atoms with Gasteiger partial charge < -0.3 is 4.74 Å². The highest BCUT2D eigenvalue weighted by atomic mass is 27.2. The van der Waals surface area contributed by atoms with E-state index in [9.17, 15) is 4.79 Å². The van der Waals surface area contributed by atoms with Crippen molar-refractivity contribution >= 4 is 19.0 Å². The van der Waals surface area contributed by atoms with Gasteiger partial charge in [-0.25, -0.2) is 0 Å². The molecule has 0 aliphatic carbocycles. The SMILES string of the molecule is CC(C)[CH2][Al]([CH2]C(C)C)[C](=O)OC(C)(C)C. The van der Waals surface area contributed by atoms with Crippen molar-refractivity contribution in [3.8, 4) is 0 Å². The van der Waals surface area contributed by atoms with Crippen molar-refractivity contribution in [2.24, 2.45) is 11.8 Å². The molecule has 16 heavy (non-hydrogen) atoms. The first-order valence-corrected chi connectivity index (χ1v) is 8.55. The van der Waals surface area contributed by atoms with Gasteiger partial charge in [0.05, 0.1) is 0 Å². The minimum atomic E-state index is -1.40. The summed E-state index contributed by atoms with van der Waals surface area (Å²) in [6, 6.07) is 0. The van der Waals surface area contributed by atoms with E-state index in [0.29, 0.717) is 11.8 Å². The van der Waals surface area contributed by atoms with Gasteiger partial charge in [0.2, 0.25) is 0 Å². The van der Waals surface area contributed by atoms with E-state index in [4.69, 9.17) is 4.74 Å². The molecule has 2 nitrogen and oxygen atoms in total. The number of ether oxygens (including phenoxy) is 1. The summed E-state index contributed by atoms with van der Waals surface area (Å²) in [5.74, 6) is 1.20. The molecular formula is C13H27AlO2. The van der Waals surface area contributed by atoms with Crippen LogP contribution < -0.4 is 0 Å². The second-order valence-electron chi connectivity index (χ2n) is 6.49. The Labute approximate surface area is 105 Å². The lowest BCUT2D eigenvalue weighted by Crippen LogP contribution is -2.35. The summed E-state index contributed by atoms with van der Waals surface area (Å²) >= 11 is -1.40. The second-order valence-corrected chi connectivity index (χ2v) is 9.30. The Morgan fingerprint density at radius 2 is 1.44 bits per heavy atom. The van der Waals surface area contributed by atoms with E-state index in [1.165, 1.54) is 0 Å². The lowest BCUT2D eigenvalue weighted by Gasteiger charge is -2.24. The molecule has 0 aromatic rings. The topological polar surface area (TPSA) is 26.3 Å².